The smallest absolute Gasteiger partial charge is 0.255 e. The molecule has 0 saturated carbocycles. The molecule has 140 valence electrons. The molecule has 0 aromatic heterocycles. The molecule has 0 unspecified atom stereocenters. The second kappa shape index (κ2) is 10.2. The van der Waals surface area contributed by atoms with E-state index in [-0.39, 0.29) is 5.91 Å². The van der Waals surface area contributed by atoms with E-state index in [4.69, 9.17) is 9.47 Å². The summed E-state index contributed by atoms with van der Waals surface area (Å²) in [7, 11) is 0. The number of nitrogens with one attached hydrogen (secondary N) is 1. The topological polar surface area (TPSA) is 47.6 Å². The molecular weight excluding hydrogens is 346 g/mol. The standard InChI is InChI=1S/C21H27NO3S/c1-5-25-20-10-9-16(11-17(20)14-24-13-15(2)3)21(23)22-18-7-6-8-19(12-18)26-4/h6-12,15H,5,13-14H2,1-4H3,(H,22,23). The van der Waals surface area contributed by atoms with Gasteiger partial charge in [-0.2, -0.15) is 0 Å². The van der Waals surface area contributed by atoms with Gasteiger partial charge in [0.25, 0.3) is 5.91 Å². The molecular formula is C21H27NO3S. The van der Waals surface area contributed by atoms with Gasteiger partial charge < -0.3 is 14.8 Å². The maximum Gasteiger partial charge on any atom is 0.255 e. The zero-order valence-electron chi connectivity index (χ0n) is 15.9. The zero-order chi connectivity index (χ0) is 18.9. The fourth-order valence-electron chi connectivity index (χ4n) is 2.44. The number of carbonyl (C=O) groups is 1. The molecule has 5 heteroatoms. The second-order valence-corrected chi connectivity index (χ2v) is 7.23. The minimum absolute atomic E-state index is 0.142. The lowest BCUT2D eigenvalue weighted by Crippen LogP contribution is -2.13. The molecule has 0 heterocycles. The lowest BCUT2D eigenvalue weighted by molar-refractivity contribution is 0.0948. The Labute approximate surface area is 160 Å². The molecule has 0 saturated heterocycles. The molecule has 4 nitrogen and oxygen atoms in total. The summed E-state index contributed by atoms with van der Waals surface area (Å²) in [5.41, 5.74) is 2.26. The van der Waals surface area contributed by atoms with Gasteiger partial charge in [0.15, 0.2) is 0 Å². The van der Waals surface area contributed by atoms with E-state index in [9.17, 15) is 4.79 Å². The van der Waals surface area contributed by atoms with E-state index in [0.717, 1.165) is 21.9 Å². The van der Waals surface area contributed by atoms with Gasteiger partial charge >= 0.3 is 0 Å². The number of benzene rings is 2. The third-order valence-corrected chi connectivity index (χ3v) is 4.38. The minimum atomic E-state index is -0.142. The summed E-state index contributed by atoms with van der Waals surface area (Å²) in [6.45, 7) is 7.83. The third kappa shape index (κ3) is 6.07. The summed E-state index contributed by atoms with van der Waals surface area (Å²) in [6.07, 6.45) is 2.01. The highest BCUT2D eigenvalue weighted by Crippen LogP contribution is 2.23. The number of anilines is 1. The Morgan fingerprint density at radius 3 is 2.69 bits per heavy atom. The molecule has 0 aliphatic carbocycles. The van der Waals surface area contributed by atoms with Gasteiger partial charge in [-0.05, 0) is 55.5 Å². The summed E-state index contributed by atoms with van der Waals surface area (Å²) in [6, 6.07) is 13.3. The van der Waals surface area contributed by atoms with Crippen molar-refractivity contribution in [2.24, 2.45) is 5.92 Å². The van der Waals surface area contributed by atoms with Crippen molar-refractivity contribution < 1.29 is 14.3 Å². The lowest BCUT2D eigenvalue weighted by atomic mass is 10.1. The van der Waals surface area contributed by atoms with Crippen LogP contribution in [0.25, 0.3) is 0 Å². The number of hydrogen-bond acceptors (Lipinski definition) is 4. The molecule has 2 rings (SSSR count). The predicted octanol–water partition coefficient (Wildman–Crippen LogP) is 5.23. The number of ether oxygens (including phenoxy) is 2. The first-order chi connectivity index (χ1) is 12.5. The molecule has 2 aromatic carbocycles. The highest BCUT2D eigenvalue weighted by molar-refractivity contribution is 7.98. The largest absolute Gasteiger partial charge is 0.494 e. The Bertz CT molecular complexity index is 731. The highest BCUT2D eigenvalue weighted by atomic mass is 32.2. The van der Waals surface area contributed by atoms with Gasteiger partial charge in [-0.25, -0.2) is 0 Å². The number of hydrogen-bond donors (Lipinski definition) is 1. The van der Waals surface area contributed by atoms with Gasteiger partial charge in [0, 0.05) is 28.3 Å². The first-order valence-electron chi connectivity index (χ1n) is 8.82. The van der Waals surface area contributed by atoms with Crippen LogP contribution in [0, 0.1) is 5.92 Å². The van der Waals surface area contributed by atoms with Crippen molar-refractivity contribution >= 4 is 23.4 Å². The third-order valence-electron chi connectivity index (χ3n) is 3.66. The normalized spacial score (nSPS) is 10.8. The van der Waals surface area contributed by atoms with Crippen LogP contribution in [0.3, 0.4) is 0 Å². The van der Waals surface area contributed by atoms with Crippen molar-refractivity contribution in [3.05, 3.63) is 53.6 Å². The molecule has 0 atom stereocenters. The van der Waals surface area contributed by atoms with Gasteiger partial charge in [0.2, 0.25) is 0 Å². The van der Waals surface area contributed by atoms with E-state index < -0.39 is 0 Å². The number of rotatable bonds is 9. The van der Waals surface area contributed by atoms with Crippen LogP contribution >= 0.6 is 11.8 Å². The van der Waals surface area contributed by atoms with Crippen molar-refractivity contribution in [3.63, 3.8) is 0 Å². The maximum absolute atomic E-state index is 12.6. The predicted molar refractivity (Wildman–Crippen MR) is 108 cm³/mol. The van der Waals surface area contributed by atoms with Crippen molar-refractivity contribution in [3.8, 4) is 5.75 Å². The fourth-order valence-corrected chi connectivity index (χ4v) is 2.90. The van der Waals surface area contributed by atoms with Crippen LogP contribution in [-0.4, -0.2) is 25.4 Å². The molecule has 1 N–H and O–H groups in total. The van der Waals surface area contributed by atoms with Crippen LogP contribution in [0.4, 0.5) is 5.69 Å². The van der Waals surface area contributed by atoms with E-state index >= 15 is 0 Å². The van der Waals surface area contributed by atoms with Crippen LogP contribution in [0.5, 0.6) is 5.75 Å². The first kappa shape index (κ1) is 20.3. The molecule has 1 amide bonds. The molecule has 0 aliphatic rings. The average molecular weight is 374 g/mol. The molecule has 0 spiro atoms. The molecule has 2 aromatic rings. The van der Waals surface area contributed by atoms with Gasteiger partial charge in [-0.1, -0.05) is 19.9 Å². The van der Waals surface area contributed by atoms with Crippen LogP contribution < -0.4 is 10.1 Å². The Hall–Kier alpha value is -1.98. The van der Waals surface area contributed by atoms with Gasteiger partial charge in [-0.3, -0.25) is 4.79 Å². The summed E-state index contributed by atoms with van der Waals surface area (Å²) in [5.74, 6) is 1.08. The van der Waals surface area contributed by atoms with Crippen molar-refractivity contribution in [2.45, 2.75) is 32.3 Å². The van der Waals surface area contributed by atoms with Crippen molar-refractivity contribution in [2.75, 3.05) is 24.8 Å². The average Bonchev–Trinajstić information content (AvgIpc) is 2.63. The van der Waals surface area contributed by atoms with Gasteiger partial charge in [0.05, 0.1) is 13.2 Å². The molecule has 0 fully saturated rings. The maximum atomic E-state index is 12.6. The highest BCUT2D eigenvalue weighted by Gasteiger charge is 2.12. The Morgan fingerprint density at radius 1 is 1.19 bits per heavy atom. The second-order valence-electron chi connectivity index (χ2n) is 6.35. The molecule has 0 bridgehead atoms. The van der Waals surface area contributed by atoms with Crippen LogP contribution in [0.2, 0.25) is 0 Å². The fraction of sp³-hybridized carbons (Fsp3) is 0.381. The van der Waals surface area contributed by atoms with E-state index in [1.165, 1.54) is 0 Å². The number of carbonyl (C=O) groups excluding carboxylic acids is 1. The van der Waals surface area contributed by atoms with Crippen molar-refractivity contribution in [1.29, 1.82) is 0 Å². The summed E-state index contributed by atoms with van der Waals surface area (Å²) in [5, 5.41) is 2.95. The quantitative estimate of drug-likeness (QED) is 0.611. The van der Waals surface area contributed by atoms with Crippen LogP contribution in [0.1, 0.15) is 36.7 Å². The Morgan fingerprint density at radius 2 is 2.00 bits per heavy atom. The summed E-state index contributed by atoms with van der Waals surface area (Å²) in [4.78, 5) is 13.7. The van der Waals surface area contributed by atoms with Gasteiger partial charge in [0.1, 0.15) is 5.75 Å². The molecule has 0 radical (unpaired) electrons. The monoisotopic (exact) mass is 373 g/mol. The summed E-state index contributed by atoms with van der Waals surface area (Å²) >= 11 is 1.64. The van der Waals surface area contributed by atoms with E-state index in [2.05, 4.69) is 19.2 Å². The first-order valence-corrected chi connectivity index (χ1v) is 10.0. The minimum Gasteiger partial charge on any atom is -0.494 e. The lowest BCUT2D eigenvalue weighted by Gasteiger charge is -2.14. The SMILES string of the molecule is CCOc1ccc(C(=O)Nc2cccc(SC)c2)cc1COCC(C)C. The Kier molecular flexibility index (Phi) is 8.01. The van der Waals surface area contributed by atoms with Crippen LogP contribution in [0.15, 0.2) is 47.4 Å². The summed E-state index contributed by atoms with van der Waals surface area (Å²) < 4.78 is 11.4. The van der Waals surface area contributed by atoms with E-state index in [0.29, 0.717) is 31.3 Å². The van der Waals surface area contributed by atoms with Crippen molar-refractivity contribution in [1.82, 2.24) is 0 Å². The number of thioether (sulfide) groups is 1. The zero-order valence-corrected chi connectivity index (χ0v) is 16.7. The van der Waals surface area contributed by atoms with Gasteiger partial charge in [-0.15, -0.1) is 11.8 Å². The molecule has 0 aliphatic heterocycles. The Balaban J connectivity index is 2.15. The molecule has 26 heavy (non-hydrogen) atoms. The van der Waals surface area contributed by atoms with E-state index in [1.54, 1.807) is 17.8 Å². The number of amides is 1. The van der Waals surface area contributed by atoms with Crippen LogP contribution in [-0.2, 0) is 11.3 Å². The van der Waals surface area contributed by atoms with E-state index in [1.807, 2.05) is 49.6 Å².